The molecular weight excluding hydrogens is 279 g/mol. The molecular formula is C15H10ClFN2O. The van der Waals surface area contributed by atoms with Gasteiger partial charge in [0, 0.05) is 5.56 Å². The maximum absolute atomic E-state index is 13.0. The monoisotopic (exact) mass is 288 g/mol. The van der Waals surface area contributed by atoms with Gasteiger partial charge in [0.1, 0.15) is 5.82 Å². The van der Waals surface area contributed by atoms with Crippen molar-refractivity contribution in [3.05, 3.63) is 59.4 Å². The van der Waals surface area contributed by atoms with Crippen molar-refractivity contribution >= 4 is 17.4 Å². The van der Waals surface area contributed by atoms with E-state index in [1.54, 1.807) is 18.2 Å². The summed E-state index contributed by atoms with van der Waals surface area (Å²) in [6.45, 7) is 0. The molecule has 0 unspecified atom stereocenters. The first kappa shape index (κ1) is 12.7. The van der Waals surface area contributed by atoms with Gasteiger partial charge in [-0.3, -0.25) is 0 Å². The van der Waals surface area contributed by atoms with Crippen molar-refractivity contribution < 1.29 is 8.91 Å². The lowest BCUT2D eigenvalue weighted by Gasteiger charge is -2.04. The highest BCUT2D eigenvalue weighted by atomic mass is 35.5. The zero-order chi connectivity index (χ0) is 14.1. The fourth-order valence-electron chi connectivity index (χ4n) is 2.03. The van der Waals surface area contributed by atoms with Gasteiger partial charge in [0.25, 0.3) is 0 Å². The van der Waals surface area contributed by atoms with Crippen LogP contribution in [-0.2, 0) is 0 Å². The van der Waals surface area contributed by atoms with Gasteiger partial charge in [-0.05, 0) is 29.8 Å². The highest BCUT2D eigenvalue weighted by Crippen LogP contribution is 2.39. The molecule has 20 heavy (non-hydrogen) atoms. The van der Waals surface area contributed by atoms with Crippen LogP contribution in [0.2, 0.25) is 5.02 Å². The number of halogens is 2. The quantitative estimate of drug-likeness (QED) is 0.761. The SMILES string of the molecule is Nc1noc(-c2ccccc2Cl)c1-c1ccc(F)cc1. The summed E-state index contributed by atoms with van der Waals surface area (Å²) in [6, 6.07) is 13.2. The van der Waals surface area contributed by atoms with E-state index in [-0.39, 0.29) is 11.6 Å². The van der Waals surface area contributed by atoms with Crippen LogP contribution in [0.5, 0.6) is 0 Å². The van der Waals surface area contributed by atoms with Gasteiger partial charge in [0.05, 0.1) is 10.6 Å². The van der Waals surface area contributed by atoms with Crippen LogP contribution in [0.15, 0.2) is 53.1 Å². The summed E-state index contributed by atoms with van der Waals surface area (Å²) in [5.41, 5.74) is 7.88. The van der Waals surface area contributed by atoms with Crippen molar-refractivity contribution in [2.24, 2.45) is 0 Å². The van der Waals surface area contributed by atoms with Gasteiger partial charge < -0.3 is 10.3 Å². The number of hydrogen-bond donors (Lipinski definition) is 1. The fraction of sp³-hybridized carbons (Fsp3) is 0. The molecule has 0 amide bonds. The molecule has 0 saturated heterocycles. The average molecular weight is 289 g/mol. The third kappa shape index (κ3) is 2.14. The van der Waals surface area contributed by atoms with Gasteiger partial charge in [0.2, 0.25) is 0 Å². The van der Waals surface area contributed by atoms with Crippen LogP contribution in [0.1, 0.15) is 0 Å². The Morgan fingerprint density at radius 3 is 2.45 bits per heavy atom. The van der Waals surface area contributed by atoms with E-state index in [1.165, 1.54) is 12.1 Å². The van der Waals surface area contributed by atoms with Gasteiger partial charge >= 0.3 is 0 Å². The van der Waals surface area contributed by atoms with Gasteiger partial charge in [-0.1, -0.05) is 41.0 Å². The summed E-state index contributed by atoms with van der Waals surface area (Å²) in [5.74, 6) is 0.398. The zero-order valence-electron chi connectivity index (χ0n) is 10.3. The second-order valence-corrected chi connectivity index (χ2v) is 4.67. The molecule has 2 N–H and O–H groups in total. The third-order valence-corrected chi connectivity index (χ3v) is 3.30. The van der Waals surface area contributed by atoms with Crippen molar-refractivity contribution in [1.82, 2.24) is 5.16 Å². The Morgan fingerprint density at radius 2 is 1.75 bits per heavy atom. The first-order chi connectivity index (χ1) is 9.66. The topological polar surface area (TPSA) is 52.0 Å². The van der Waals surface area contributed by atoms with E-state index < -0.39 is 0 Å². The van der Waals surface area contributed by atoms with E-state index in [1.807, 2.05) is 18.2 Å². The molecule has 3 nitrogen and oxygen atoms in total. The molecule has 0 aliphatic carbocycles. The van der Waals surface area contributed by atoms with E-state index in [4.69, 9.17) is 21.9 Å². The Kier molecular flexibility index (Phi) is 3.16. The zero-order valence-corrected chi connectivity index (χ0v) is 11.1. The summed E-state index contributed by atoms with van der Waals surface area (Å²) in [7, 11) is 0. The average Bonchev–Trinajstić information content (AvgIpc) is 2.82. The minimum absolute atomic E-state index is 0.242. The number of hydrogen-bond acceptors (Lipinski definition) is 3. The van der Waals surface area contributed by atoms with E-state index in [0.717, 1.165) is 5.56 Å². The predicted molar refractivity (Wildman–Crippen MR) is 76.8 cm³/mol. The first-order valence-corrected chi connectivity index (χ1v) is 6.30. The van der Waals surface area contributed by atoms with Crippen LogP contribution < -0.4 is 5.73 Å². The Bertz CT molecular complexity index is 753. The smallest absolute Gasteiger partial charge is 0.178 e. The van der Waals surface area contributed by atoms with Gasteiger partial charge in [-0.15, -0.1) is 0 Å². The van der Waals surface area contributed by atoms with Crippen LogP contribution in [0.25, 0.3) is 22.5 Å². The first-order valence-electron chi connectivity index (χ1n) is 5.93. The molecule has 0 saturated carbocycles. The lowest BCUT2D eigenvalue weighted by Crippen LogP contribution is -1.89. The van der Waals surface area contributed by atoms with Crippen molar-refractivity contribution in [2.45, 2.75) is 0 Å². The highest BCUT2D eigenvalue weighted by molar-refractivity contribution is 6.33. The molecule has 0 atom stereocenters. The molecule has 1 heterocycles. The van der Waals surface area contributed by atoms with Crippen LogP contribution in [0.4, 0.5) is 10.2 Å². The molecule has 0 fully saturated rings. The molecule has 0 spiro atoms. The normalized spacial score (nSPS) is 10.7. The summed E-state index contributed by atoms with van der Waals surface area (Å²) < 4.78 is 18.3. The van der Waals surface area contributed by atoms with Crippen LogP contribution in [-0.4, -0.2) is 5.16 Å². The van der Waals surface area contributed by atoms with Gasteiger partial charge in [-0.2, -0.15) is 0 Å². The minimum atomic E-state index is -0.317. The third-order valence-electron chi connectivity index (χ3n) is 2.97. The number of nitrogens with two attached hydrogens (primary N) is 1. The van der Waals surface area contributed by atoms with E-state index in [2.05, 4.69) is 5.16 Å². The van der Waals surface area contributed by atoms with Crippen molar-refractivity contribution in [2.75, 3.05) is 5.73 Å². The second kappa shape index (κ2) is 4.98. The maximum Gasteiger partial charge on any atom is 0.178 e. The largest absolute Gasteiger partial charge is 0.380 e. The van der Waals surface area contributed by atoms with Gasteiger partial charge in [-0.25, -0.2) is 4.39 Å². The number of benzene rings is 2. The van der Waals surface area contributed by atoms with E-state index in [0.29, 0.717) is 21.9 Å². The molecule has 5 heteroatoms. The summed E-state index contributed by atoms with van der Waals surface area (Å²) in [6.07, 6.45) is 0. The predicted octanol–water partition coefficient (Wildman–Crippen LogP) is 4.38. The molecule has 1 aromatic heterocycles. The minimum Gasteiger partial charge on any atom is -0.380 e. The van der Waals surface area contributed by atoms with Crippen molar-refractivity contribution in [3.8, 4) is 22.5 Å². The molecule has 0 aliphatic heterocycles. The van der Waals surface area contributed by atoms with E-state index in [9.17, 15) is 4.39 Å². The lowest BCUT2D eigenvalue weighted by molar-refractivity contribution is 0.436. The molecule has 3 rings (SSSR count). The second-order valence-electron chi connectivity index (χ2n) is 4.26. The lowest BCUT2D eigenvalue weighted by atomic mass is 10.0. The number of anilines is 1. The van der Waals surface area contributed by atoms with Crippen LogP contribution in [0.3, 0.4) is 0 Å². The Balaban J connectivity index is 2.20. The summed E-state index contributed by atoms with van der Waals surface area (Å²) in [5, 5.41) is 4.32. The van der Waals surface area contributed by atoms with Crippen LogP contribution >= 0.6 is 11.6 Å². The maximum atomic E-state index is 13.0. The highest BCUT2D eigenvalue weighted by Gasteiger charge is 2.19. The Labute approximate surface area is 119 Å². The molecule has 0 bridgehead atoms. The Hall–Kier alpha value is -2.33. The van der Waals surface area contributed by atoms with Gasteiger partial charge in [0.15, 0.2) is 11.6 Å². The molecule has 0 aliphatic rings. The number of aromatic nitrogens is 1. The number of nitrogens with zero attached hydrogens (tertiary/aromatic N) is 1. The molecule has 100 valence electrons. The Morgan fingerprint density at radius 1 is 1.05 bits per heavy atom. The molecule has 3 aromatic rings. The summed E-state index contributed by atoms with van der Waals surface area (Å²) >= 11 is 6.16. The standard InChI is InChI=1S/C15H10ClFN2O/c16-12-4-2-1-3-11(12)14-13(15(18)19-20-14)9-5-7-10(17)8-6-9/h1-8H,(H2,18,19). The number of rotatable bonds is 2. The fourth-order valence-corrected chi connectivity index (χ4v) is 2.25. The molecule has 0 radical (unpaired) electrons. The number of nitrogen functional groups attached to an aromatic ring is 1. The van der Waals surface area contributed by atoms with Crippen LogP contribution in [0, 0.1) is 5.82 Å². The molecule has 2 aromatic carbocycles. The van der Waals surface area contributed by atoms with E-state index >= 15 is 0 Å². The van der Waals surface area contributed by atoms with Crippen molar-refractivity contribution in [1.29, 1.82) is 0 Å². The summed E-state index contributed by atoms with van der Waals surface area (Å²) in [4.78, 5) is 0. The van der Waals surface area contributed by atoms with Crippen molar-refractivity contribution in [3.63, 3.8) is 0 Å².